The van der Waals surface area contributed by atoms with Crippen LogP contribution in [-0.4, -0.2) is 20.4 Å². The van der Waals surface area contributed by atoms with Crippen molar-refractivity contribution in [1.29, 1.82) is 0 Å². The summed E-state index contributed by atoms with van der Waals surface area (Å²) in [4.78, 5) is 7.61. The van der Waals surface area contributed by atoms with Gasteiger partial charge in [0.2, 0.25) is 0 Å². The first-order valence-corrected chi connectivity index (χ1v) is 4.13. The van der Waals surface area contributed by atoms with Crippen LogP contribution in [0.15, 0.2) is 18.5 Å². The molecule has 0 radical (unpaired) electrons. The van der Waals surface area contributed by atoms with Crippen molar-refractivity contribution in [3.8, 4) is 0 Å². The van der Waals surface area contributed by atoms with E-state index in [-0.39, 0.29) is 11.2 Å². The quantitative estimate of drug-likeness (QED) is 0.540. The molecule has 60 valence electrons. The van der Waals surface area contributed by atoms with Gasteiger partial charge in [-0.1, -0.05) is 15.9 Å². The molecule has 1 unspecified atom stereocenters. The number of aromatic nitrogens is 2. The van der Waals surface area contributed by atoms with E-state index in [9.17, 15) is 5.11 Å². The minimum absolute atomic E-state index is 0.212. The molecule has 0 saturated heterocycles. The zero-order valence-electron chi connectivity index (χ0n) is 5.74. The summed E-state index contributed by atoms with van der Waals surface area (Å²) in [6.45, 7) is 0. The summed E-state index contributed by atoms with van der Waals surface area (Å²) in [5.74, 6) is 0.219. The summed E-state index contributed by atoms with van der Waals surface area (Å²) in [6, 6.07) is 1.66. The summed E-state index contributed by atoms with van der Waals surface area (Å²) >= 11 is 3.05. The third-order valence-electron chi connectivity index (χ3n) is 1.16. The van der Waals surface area contributed by atoms with Crippen LogP contribution in [0, 0.1) is 0 Å². The molecule has 3 N–H and O–H groups in total. The molecule has 1 atom stereocenters. The van der Waals surface area contributed by atoms with Gasteiger partial charge in [0, 0.05) is 12.4 Å². The first-order valence-electron chi connectivity index (χ1n) is 3.01. The molecule has 1 rings (SSSR count). The Labute approximate surface area is 72.6 Å². The van der Waals surface area contributed by atoms with Crippen molar-refractivity contribution in [2.75, 3.05) is 5.33 Å². The first-order chi connectivity index (χ1) is 5.17. The number of hydrogen-bond acceptors (Lipinski definition) is 4. The molecule has 0 spiro atoms. The van der Waals surface area contributed by atoms with Crippen LogP contribution >= 0.6 is 15.9 Å². The molecule has 0 aromatic carbocycles. The molecule has 1 heterocycles. The second kappa shape index (κ2) is 3.25. The SMILES string of the molecule is NC(O)(CBr)c1ncccn1. The van der Waals surface area contributed by atoms with Crippen molar-refractivity contribution < 1.29 is 5.11 Å². The Morgan fingerprint density at radius 3 is 2.55 bits per heavy atom. The van der Waals surface area contributed by atoms with E-state index >= 15 is 0 Å². The van der Waals surface area contributed by atoms with Crippen LogP contribution in [-0.2, 0) is 5.72 Å². The maximum atomic E-state index is 9.40. The normalized spacial score (nSPS) is 15.9. The van der Waals surface area contributed by atoms with E-state index in [4.69, 9.17) is 5.73 Å². The predicted molar refractivity (Wildman–Crippen MR) is 43.9 cm³/mol. The number of alkyl halides is 1. The largest absolute Gasteiger partial charge is 0.368 e. The Bertz CT molecular complexity index is 227. The highest BCUT2D eigenvalue weighted by atomic mass is 79.9. The van der Waals surface area contributed by atoms with Crippen molar-refractivity contribution in [1.82, 2.24) is 9.97 Å². The average Bonchev–Trinajstić information content (AvgIpc) is 2.06. The second-order valence-electron chi connectivity index (χ2n) is 2.13. The third-order valence-corrected chi connectivity index (χ3v) is 2.01. The van der Waals surface area contributed by atoms with Crippen molar-refractivity contribution in [3.63, 3.8) is 0 Å². The van der Waals surface area contributed by atoms with Crippen LogP contribution in [0.1, 0.15) is 5.82 Å². The van der Waals surface area contributed by atoms with Crippen LogP contribution in [0.2, 0.25) is 0 Å². The molecule has 1 aromatic rings. The molecule has 0 bridgehead atoms. The van der Waals surface area contributed by atoms with Gasteiger partial charge in [-0.2, -0.15) is 0 Å². The van der Waals surface area contributed by atoms with Crippen LogP contribution < -0.4 is 5.73 Å². The highest BCUT2D eigenvalue weighted by Crippen LogP contribution is 2.11. The molecule has 0 aliphatic rings. The van der Waals surface area contributed by atoms with Crippen molar-refractivity contribution in [2.45, 2.75) is 5.72 Å². The van der Waals surface area contributed by atoms with Crippen LogP contribution in [0.25, 0.3) is 0 Å². The molecule has 0 aliphatic heterocycles. The van der Waals surface area contributed by atoms with E-state index in [0.29, 0.717) is 0 Å². The van der Waals surface area contributed by atoms with Crippen LogP contribution in [0.5, 0.6) is 0 Å². The predicted octanol–water partition coefficient (Wildman–Crippen LogP) is -0.0247. The second-order valence-corrected chi connectivity index (χ2v) is 2.69. The van der Waals surface area contributed by atoms with E-state index in [2.05, 4.69) is 25.9 Å². The molecule has 11 heavy (non-hydrogen) atoms. The van der Waals surface area contributed by atoms with Gasteiger partial charge in [0.1, 0.15) is 0 Å². The monoisotopic (exact) mass is 217 g/mol. The highest BCUT2D eigenvalue weighted by molar-refractivity contribution is 9.09. The molecule has 1 aromatic heterocycles. The Hall–Kier alpha value is -0.520. The van der Waals surface area contributed by atoms with E-state index in [1.54, 1.807) is 6.07 Å². The molecule has 0 fully saturated rings. The average molecular weight is 218 g/mol. The van der Waals surface area contributed by atoms with Gasteiger partial charge in [-0.05, 0) is 6.07 Å². The molecule has 5 heteroatoms. The van der Waals surface area contributed by atoms with Crippen molar-refractivity contribution in [2.24, 2.45) is 5.73 Å². The van der Waals surface area contributed by atoms with Gasteiger partial charge < -0.3 is 5.11 Å². The van der Waals surface area contributed by atoms with Crippen LogP contribution in [0.3, 0.4) is 0 Å². The molecule has 0 amide bonds. The number of nitrogens with two attached hydrogens (primary N) is 1. The molecular weight excluding hydrogens is 210 g/mol. The Kier molecular flexibility index (Phi) is 2.53. The van der Waals surface area contributed by atoms with E-state index in [1.165, 1.54) is 12.4 Å². The smallest absolute Gasteiger partial charge is 0.184 e. The highest BCUT2D eigenvalue weighted by Gasteiger charge is 2.24. The number of hydrogen-bond donors (Lipinski definition) is 2. The van der Waals surface area contributed by atoms with E-state index in [0.717, 1.165) is 0 Å². The zero-order valence-corrected chi connectivity index (χ0v) is 7.32. The van der Waals surface area contributed by atoms with Gasteiger partial charge in [0.15, 0.2) is 11.5 Å². The molecule has 0 saturated carbocycles. The fourth-order valence-corrected chi connectivity index (χ4v) is 0.833. The summed E-state index contributed by atoms with van der Waals surface area (Å²) in [5.41, 5.74) is 3.95. The molecule has 4 nitrogen and oxygen atoms in total. The van der Waals surface area contributed by atoms with Gasteiger partial charge in [0.25, 0.3) is 0 Å². The number of nitrogens with zero attached hydrogens (tertiary/aromatic N) is 2. The maximum Gasteiger partial charge on any atom is 0.184 e. The zero-order chi connectivity index (χ0) is 8.32. The fourth-order valence-electron chi connectivity index (χ4n) is 0.582. The minimum Gasteiger partial charge on any atom is -0.368 e. The van der Waals surface area contributed by atoms with Gasteiger partial charge in [-0.25, -0.2) is 9.97 Å². The van der Waals surface area contributed by atoms with Crippen molar-refractivity contribution in [3.05, 3.63) is 24.3 Å². The summed E-state index contributed by atoms with van der Waals surface area (Å²) in [5, 5.41) is 9.61. The topological polar surface area (TPSA) is 72.0 Å². The van der Waals surface area contributed by atoms with E-state index in [1.807, 2.05) is 0 Å². The lowest BCUT2D eigenvalue weighted by atomic mass is 10.2. The number of aliphatic hydroxyl groups is 1. The lowest BCUT2D eigenvalue weighted by Gasteiger charge is -2.17. The van der Waals surface area contributed by atoms with E-state index < -0.39 is 5.72 Å². The Morgan fingerprint density at radius 1 is 1.55 bits per heavy atom. The lowest BCUT2D eigenvalue weighted by molar-refractivity contribution is 0.0616. The summed E-state index contributed by atoms with van der Waals surface area (Å²) in [7, 11) is 0. The molecular formula is C6H8BrN3O. The maximum absolute atomic E-state index is 9.40. The number of halogens is 1. The van der Waals surface area contributed by atoms with Gasteiger partial charge in [-0.3, -0.25) is 5.73 Å². The summed E-state index contributed by atoms with van der Waals surface area (Å²) < 4.78 is 0. The standard InChI is InChI=1S/C6H8BrN3O/c7-4-6(8,11)5-9-2-1-3-10-5/h1-3,11H,4,8H2. The third kappa shape index (κ3) is 1.95. The summed E-state index contributed by atoms with van der Waals surface area (Å²) in [6.07, 6.45) is 3.06. The van der Waals surface area contributed by atoms with Gasteiger partial charge in [0.05, 0.1) is 5.33 Å². The van der Waals surface area contributed by atoms with Crippen LogP contribution in [0.4, 0.5) is 0 Å². The fraction of sp³-hybridized carbons (Fsp3) is 0.333. The van der Waals surface area contributed by atoms with Gasteiger partial charge >= 0.3 is 0 Å². The van der Waals surface area contributed by atoms with Gasteiger partial charge in [-0.15, -0.1) is 0 Å². The Balaban J connectivity index is 2.93. The van der Waals surface area contributed by atoms with Crippen molar-refractivity contribution >= 4 is 15.9 Å². The molecule has 0 aliphatic carbocycles. The minimum atomic E-state index is -1.47. The Morgan fingerprint density at radius 2 is 2.09 bits per heavy atom. The first kappa shape index (κ1) is 8.58. The number of rotatable bonds is 2. The lowest BCUT2D eigenvalue weighted by Crippen LogP contribution is -2.39.